The number of amides is 2. The van der Waals surface area contributed by atoms with Gasteiger partial charge in [-0.05, 0) is 37.1 Å². The van der Waals surface area contributed by atoms with Gasteiger partial charge in [-0.2, -0.15) is 13.2 Å². The maximum atomic E-state index is 13.0. The van der Waals surface area contributed by atoms with Crippen molar-refractivity contribution in [1.82, 2.24) is 15.2 Å². The molecule has 0 spiro atoms. The molecule has 1 fully saturated rings. The van der Waals surface area contributed by atoms with E-state index in [2.05, 4.69) is 10.3 Å². The number of carboxylic acid groups (broad SMARTS) is 1. The molecule has 2 amide bonds. The average molecular weight is 383 g/mol. The molecule has 0 radical (unpaired) electrons. The Morgan fingerprint density at radius 3 is 2.59 bits per heavy atom. The number of nitrogens with zero attached hydrogens (tertiary/aromatic N) is 1. The topological polar surface area (TPSA) is 85.4 Å². The second-order valence-corrected chi connectivity index (χ2v) is 6.91. The molecule has 1 saturated heterocycles. The van der Waals surface area contributed by atoms with E-state index in [1.54, 1.807) is 0 Å². The van der Waals surface area contributed by atoms with Crippen molar-refractivity contribution in [3.63, 3.8) is 0 Å². The highest BCUT2D eigenvalue weighted by molar-refractivity contribution is 5.85. The number of hydrogen-bond acceptors (Lipinski definition) is 2. The van der Waals surface area contributed by atoms with Crippen LogP contribution in [0.15, 0.2) is 18.2 Å². The first-order valence-corrected chi connectivity index (χ1v) is 8.48. The maximum absolute atomic E-state index is 13.0. The Morgan fingerprint density at radius 1 is 1.30 bits per heavy atom. The predicted octanol–water partition coefficient (Wildman–Crippen LogP) is 3.19. The third kappa shape index (κ3) is 3.72. The van der Waals surface area contributed by atoms with Crippen LogP contribution in [-0.4, -0.2) is 46.3 Å². The number of H-pyrrole nitrogens is 1. The molecule has 9 heteroatoms. The van der Waals surface area contributed by atoms with Gasteiger partial charge in [0.1, 0.15) is 0 Å². The summed E-state index contributed by atoms with van der Waals surface area (Å²) >= 11 is 0. The Hall–Kier alpha value is -2.71. The molecule has 0 bridgehead atoms. The summed E-state index contributed by atoms with van der Waals surface area (Å²) in [6.45, 7) is 2.97. The van der Waals surface area contributed by atoms with Crippen molar-refractivity contribution in [2.75, 3.05) is 13.1 Å². The molecule has 1 aromatic heterocycles. The quantitative estimate of drug-likeness (QED) is 0.761. The van der Waals surface area contributed by atoms with Crippen molar-refractivity contribution in [3.05, 3.63) is 35.0 Å². The number of fused-ring (bicyclic) bond motifs is 1. The first kappa shape index (κ1) is 19.1. The minimum absolute atomic E-state index is 0.142. The zero-order valence-electron chi connectivity index (χ0n) is 14.9. The number of alkyl halides is 3. The number of likely N-dealkylation sites (tertiary alicyclic amines) is 1. The van der Waals surface area contributed by atoms with Crippen molar-refractivity contribution < 1.29 is 27.9 Å². The molecule has 1 aromatic carbocycles. The van der Waals surface area contributed by atoms with E-state index in [1.165, 1.54) is 0 Å². The summed E-state index contributed by atoms with van der Waals surface area (Å²) < 4.78 is 39.1. The minimum atomic E-state index is -4.66. The van der Waals surface area contributed by atoms with Crippen molar-refractivity contribution >= 4 is 22.9 Å². The van der Waals surface area contributed by atoms with Crippen LogP contribution in [0.2, 0.25) is 0 Å². The Morgan fingerprint density at radius 2 is 2.00 bits per heavy atom. The number of aromatic nitrogens is 1. The van der Waals surface area contributed by atoms with Gasteiger partial charge in [0.2, 0.25) is 0 Å². The molecule has 3 rings (SSSR count). The van der Waals surface area contributed by atoms with E-state index in [0.717, 1.165) is 32.6 Å². The summed E-state index contributed by atoms with van der Waals surface area (Å²) in [5, 5.41) is 12.6. The van der Waals surface area contributed by atoms with Gasteiger partial charge in [-0.15, -0.1) is 0 Å². The first-order valence-electron chi connectivity index (χ1n) is 8.48. The number of carboxylic acids is 1. The molecule has 6 nitrogen and oxygen atoms in total. The lowest BCUT2D eigenvalue weighted by molar-refractivity contribution is -0.187. The molecule has 0 unspecified atom stereocenters. The van der Waals surface area contributed by atoms with Crippen molar-refractivity contribution in [2.45, 2.75) is 26.6 Å². The standard InChI is InChI=1S/C18H20F3N3O3/c1-9-10(2)23-15-4-3-11(5-12(9)15)6-22-17(27)24-7-13(16(25)26)14(8-24)18(19,20)21/h3-5,13-14,23H,6-8H2,1-2H3,(H,22,27)(H,25,26)/t13-,14-/m1/s1. The third-order valence-electron chi connectivity index (χ3n) is 5.16. The number of carbonyl (C=O) groups is 2. The molecular weight excluding hydrogens is 363 g/mol. The zero-order chi connectivity index (χ0) is 19.9. The minimum Gasteiger partial charge on any atom is -0.481 e. The Balaban J connectivity index is 1.67. The lowest BCUT2D eigenvalue weighted by Gasteiger charge is -2.18. The molecule has 3 N–H and O–H groups in total. The molecule has 1 aliphatic heterocycles. The summed E-state index contributed by atoms with van der Waals surface area (Å²) in [5.41, 5.74) is 3.91. The predicted molar refractivity (Wildman–Crippen MR) is 92.3 cm³/mol. The molecule has 1 aliphatic rings. The fourth-order valence-electron chi connectivity index (χ4n) is 3.46. The molecular formula is C18H20F3N3O3. The van der Waals surface area contributed by atoms with Crippen LogP contribution in [0.25, 0.3) is 10.9 Å². The highest BCUT2D eigenvalue weighted by Crippen LogP contribution is 2.37. The van der Waals surface area contributed by atoms with Gasteiger partial charge in [-0.25, -0.2) is 4.79 Å². The second-order valence-electron chi connectivity index (χ2n) is 6.91. The highest BCUT2D eigenvalue weighted by Gasteiger charge is 2.53. The van der Waals surface area contributed by atoms with Crippen LogP contribution >= 0.6 is 0 Å². The maximum Gasteiger partial charge on any atom is 0.394 e. The zero-order valence-corrected chi connectivity index (χ0v) is 14.9. The normalized spacial score (nSPS) is 20.3. The van der Waals surface area contributed by atoms with Crippen molar-refractivity contribution in [2.24, 2.45) is 11.8 Å². The summed E-state index contributed by atoms with van der Waals surface area (Å²) in [4.78, 5) is 27.5. The van der Waals surface area contributed by atoms with E-state index in [9.17, 15) is 22.8 Å². The average Bonchev–Trinajstić information content (AvgIpc) is 3.16. The van der Waals surface area contributed by atoms with Gasteiger partial charge in [-0.1, -0.05) is 6.07 Å². The van der Waals surface area contributed by atoms with Gasteiger partial charge >= 0.3 is 18.2 Å². The van der Waals surface area contributed by atoms with E-state index in [0.29, 0.717) is 0 Å². The molecule has 2 atom stereocenters. The van der Waals surface area contributed by atoms with Crippen molar-refractivity contribution in [3.8, 4) is 0 Å². The highest BCUT2D eigenvalue weighted by atomic mass is 19.4. The second kappa shape index (κ2) is 6.79. The Labute approximate surface area is 153 Å². The summed E-state index contributed by atoms with van der Waals surface area (Å²) in [6, 6.07) is 4.92. The third-order valence-corrected chi connectivity index (χ3v) is 5.16. The lowest BCUT2D eigenvalue weighted by atomic mass is 9.96. The van der Waals surface area contributed by atoms with Gasteiger partial charge in [0.25, 0.3) is 0 Å². The van der Waals surface area contributed by atoms with Crippen LogP contribution in [0, 0.1) is 25.7 Å². The number of nitrogens with one attached hydrogen (secondary N) is 2. The fourth-order valence-corrected chi connectivity index (χ4v) is 3.46. The van der Waals surface area contributed by atoms with Crippen LogP contribution in [-0.2, 0) is 11.3 Å². The molecule has 0 saturated carbocycles. The summed E-state index contributed by atoms with van der Waals surface area (Å²) in [6.07, 6.45) is -4.66. The number of aliphatic carboxylic acids is 1. The molecule has 0 aliphatic carbocycles. The van der Waals surface area contributed by atoms with Crippen LogP contribution in [0.1, 0.15) is 16.8 Å². The first-order chi connectivity index (χ1) is 12.6. The molecule has 146 valence electrons. The molecule has 2 aromatic rings. The number of benzene rings is 1. The number of carbonyl (C=O) groups excluding carboxylic acids is 1. The van der Waals surface area contributed by atoms with Gasteiger partial charge < -0.3 is 20.3 Å². The van der Waals surface area contributed by atoms with Crippen molar-refractivity contribution in [1.29, 1.82) is 0 Å². The van der Waals surface area contributed by atoms with Crippen LogP contribution in [0.5, 0.6) is 0 Å². The number of urea groups is 1. The smallest absolute Gasteiger partial charge is 0.394 e. The number of rotatable bonds is 3. The number of aromatic amines is 1. The van der Waals surface area contributed by atoms with Gasteiger partial charge in [0, 0.05) is 36.2 Å². The van der Waals surface area contributed by atoms with Crippen LogP contribution < -0.4 is 5.32 Å². The van der Waals surface area contributed by atoms with E-state index >= 15 is 0 Å². The van der Waals surface area contributed by atoms with Gasteiger partial charge in [-0.3, -0.25) is 4.79 Å². The van der Waals surface area contributed by atoms with Gasteiger partial charge in [0.05, 0.1) is 11.8 Å². The largest absolute Gasteiger partial charge is 0.481 e. The summed E-state index contributed by atoms with van der Waals surface area (Å²) in [5.74, 6) is -5.24. The van der Waals surface area contributed by atoms with Crippen LogP contribution in [0.3, 0.4) is 0 Å². The number of aryl methyl sites for hydroxylation is 2. The SMILES string of the molecule is Cc1[nH]c2ccc(CNC(=O)N3C[C@@H](C(F)(F)F)[C@H](C(=O)O)C3)cc2c1C. The Bertz CT molecular complexity index is 891. The monoisotopic (exact) mass is 383 g/mol. The summed E-state index contributed by atoms with van der Waals surface area (Å²) in [7, 11) is 0. The van der Waals surface area contributed by atoms with E-state index < -0.39 is 43.1 Å². The molecule has 2 heterocycles. The number of halogens is 3. The van der Waals surface area contributed by atoms with E-state index in [1.807, 2.05) is 32.0 Å². The van der Waals surface area contributed by atoms with E-state index in [4.69, 9.17) is 5.11 Å². The fraction of sp³-hybridized carbons (Fsp3) is 0.444. The van der Waals surface area contributed by atoms with Crippen LogP contribution in [0.4, 0.5) is 18.0 Å². The van der Waals surface area contributed by atoms with E-state index in [-0.39, 0.29) is 6.54 Å². The lowest BCUT2D eigenvalue weighted by Crippen LogP contribution is -2.39. The molecule has 27 heavy (non-hydrogen) atoms. The van der Waals surface area contributed by atoms with Gasteiger partial charge in [0.15, 0.2) is 0 Å². The number of hydrogen-bond donors (Lipinski definition) is 3. The Kier molecular flexibility index (Phi) is 4.79.